The molecular weight excluding hydrogens is 707 g/mol. The topological polar surface area (TPSA) is 109 Å². The molecule has 0 fully saturated rings. The van der Waals surface area contributed by atoms with Crippen LogP contribution in [0.1, 0.15) is 38.9 Å². The predicted molar refractivity (Wildman–Crippen MR) is 221 cm³/mol. The number of rotatable bonds is 17. The highest BCUT2D eigenvalue weighted by Gasteiger charge is 2.25. The summed E-state index contributed by atoms with van der Waals surface area (Å²) in [7, 11) is 8.49. The second kappa shape index (κ2) is 19.1. The maximum absolute atomic E-state index is 12.7. The molecule has 10 nitrogen and oxygen atoms in total. The summed E-state index contributed by atoms with van der Waals surface area (Å²) in [6.45, 7) is 4.31. The van der Waals surface area contributed by atoms with Crippen LogP contribution in [0.2, 0.25) is 0 Å². The van der Waals surface area contributed by atoms with Crippen LogP contribution < -0.4 is 44.4 Å². The van der Waals surface area contributed by atoms with Crippen LogP contribution in [-0.4, -0.2) is 54.5 Å². The third-order valence-corrected chi connectivity index (χ3v) is 9.87. The van der Waals surface area contributed by atoms with E-state index in [2.05, 4.69) is 40.2 Å². The van der Waals surface area contributed by atoms with E-state index >= 15 is 0 Å². The zero-order valence-electron chi connectivity index (χ0n) is 33.0. The van der Waals surface area contributed by atoms with Crippen LogP contribution in [0, 0.1) is 6.92 Å². The third-order valence-electron chi connectivity index (χ3n) is 9.87. The highest BCUT2D eigenvalue weighted by molar-refractivity contribution is 6.02. The molecular formula is C46H51N3O7. The summed E-state index contributed by atoms with van der Waals surface area (Å²) in [5.74, 6) is 4.63. The maximum Gasteiger partial charge on any atom is 0.248 e. The number of fused-ring (bicyclic) bond motifs is 1. The molecule has 3 N–H and O–H groups in total. The first-order valence-electron chi connectivity index (χ1n) is 18.8. The van der Waals surface area contributed by atoms with Gasteiger partial charge in [0.25, 0.3) is 0 Å². The van der Waals surface area contributed by atoms with E-state index in [1.165, 1.54) is 22.8 Å². The van der Waals surface area contributed by atoms with Gasteiger partial charge in [0.1, 0.15) is 5.75 Å². The molecule has 0 unspecified atom stereocenters. The number of carbonyl (C=O) groups excluding carboxylic acids is 1. The van der Waals surface area contributed by atoms with E-state index in [1.807, 2.05) is 68.6 Å². The quantitative estimate of drug-likeness (QED) is 0.0806. The van der Waals surface area contributed by atoms with Gasteiger partial charge in [0.05, 0.1) is 28.4 Å². The number of amides is 1. The SMILES string of the molecule is CNCCc1cc(OC)c(Oc2c3c(cc(OC)c2OC)CCNC3)cc1CCc1ccc(Oc2cc(C)c(NC(=O)/C=C/c3ccccc3)cc2OC)cc1. The Morgan fingerprint density at radius 2 is 1.43 bits per heavy atom. The van der Waals surface area contributed by atoms with Crippen LogP contribution in [0.3, 0.4) is 0 Å². The Morgan fingerprint density at radius 1 is 0.732 bits per heavy atom. The van der Waals surface area contributed by atoms with Crippen LogP contribution in [0.5, 0.6) is 46.0 Å². The van der Waals surface area contributed by atoms with Gasteiger partial charge < -0.3 is 44.4 Å². The maximum atomic E-state index is 12.7. The normalized spacial score (nSPS) is 12.2. The van der Waals surface area contributed by atoms with E-state index in [0.717, 1.165) is 61.0 Å². The number of likely N-dealkylation sites (N-methyl/N-ethyl adjacent to an activating group) is 1. The molecule has 5 aromatic carbocycles. The van der Waals surface area contributed by atoms with E-state index in [9.17, 15) is 4.79 Å². The Hall–Kier alpha value is -5.97. The molecule has 1 aliphatic heterocycles. The summed E-state index contributed by atoms with van der Waals surface area (Å²) in [5, 5.41) is 9.69. The molecule has 1 aliphatic rings. The Kier molecular flexibility index (Phi) is 13.5. The Bertz CT molecular complexity index is 2140. The van der Waals surface area contributed by atoms with E-state index in [0.29, 0.717) is 58.2 Å². The second-order valence-electron chi connectivity index (χ2n) is 13.5. The lowest BCUT2D eigenvalue weighted by Crippen LogP contribution is -2.24. The van der Waals surface area contributed by atoms with Gasteiger partial charge in [0.15, 0.2) is 34.5 Å². The molecule has 1 heterocycles. The lowest BCUT2D eigenvalue weighted by molar-refractivity contribution is -0.111. The largest absolute Gasteiger partial charge is 0.493 e. The van der Waals surface area contributed by atoms with Gasteiger partial charge in [-0.05, 0) is 129 Å². The summed E-state index contributed by atoms with van der Waals surface area (Å²) >= 11 is 0. The molecule has 0 bridgehead atoms. The van der Waals surface area contributed by atoms with Gasteiger partial charge in [-0.3, -0.25) is 4.79 Å². The van der Waals surface area contributed by atoms with Crippen molar-refractivity contribution in [1.82, 2.24) is 10.6 Å². The third kappa shape index (κ3) is 9.63. The van der Waals surface area contributed by atoms with Crippen molar-refractivity contribution in [3.63, 3.8) is 0 Å². The monoisotopic (exact) mass is 757 g/mol. The van der Waals surface area contributed by atoms with Gasteiger partial charge in [0.2, 0.25) is 11.7 Å². The van der Waals surface area contributed by atoms with Gasteiger partial charge in [-0.25, -0.2) is 0 Å². The summed E-state index contributed by atoms with van der Waals surface area (Å²) in [5.41, 5.74) is 8.20. The van der Waals surface area contributed by atoms with E-state index in [-0.39, 0.29) is 5.91 Å². The molecule has 0 aliphatic carbocycles. The van der Waals surface area contributed by atoms with Crippen molar-refractivity contribution >= 4 is 17.7 Å². The first kappa shape index (κ1) is 39.7. The summed E-state index contributed by atoms with van der Waals surface area (Å²) in [4.78, 5) is 12.7. The average Bonchev–Trinajstić information content (AvgIpc) is 3.23. The van der Waals surface area contributed by atoms with Crippen molar-refractivity contribution in [2.45, 2.75) is 39.2 Å². The van der Waals surface area contributed by atoms with Gasteiger partial charge in [0, 0.05) is 29.9 Å². The standard InChI is InChI=1S/C46H51N3O7/c1-30-24-41(40(52-4)28-38(30)49-44(50)19-15-31-10-8-7-9-11-31)55-36-17-13-32(14-18-36)12-16-33-26-42(39(51-3)25-34(33)20-22-47-2)56-45-37-29-48-23-21-35(37)27-43(53-5)46(45)54-6/h7-11,13-15,17-19,24-28,47-48H,12,16,20-23,29H2,1-6H3,(H,49,50)/b19-15+. The number of carbonyl (C=O) groups is 1. The number of hydrogen-bond donors (Lipinski definition) is 3. The zero-order valence-corrected chi connectivity index (χ0v) is 33.0. The number of hydrogen-bond acceptors (Lipinski definition) is 9. The Labute approximate surface area is 329 Å². The number of anilines is 1. The molecule has 292 valence electrons. The fraction of sp³-hybridized carbons (Fsp3) is 0.283. The van der Waals surface area contributed by atoms with Crippen LogP contribution >= 0.6 is 0 Å². The summed E-state index contributed by atoms with van der Waals surface area (Å²) in [6.07, 6.45) is 6.59. The smallest absolute Gasteiger partial charge is 0.248 e. The molecule has 5 aromatic rings. The van der Waals surface area contributed by atoms with Crippen molar-refractivity contribution < 1.29 is 33.2 Å². The van der Waals surface area contributed by atoms with Gasteiger partial charge in [-0.2, -0.15) is 0 Å². The fourth-order valence-electron chi connectivity index (χ4n) is 6.81. The molecule has 0 radical (unpaired) electrons. The molecule has 0 aromatic heterocycles. The van der Waals surface area contributed by atoms with Crippen molar-refractivity contribution in [2.75, 3.05) is 53.9 Å². The number of benzene rings is 5. The lowest BCUT2D eigenvalue weighted by atomic mass is 9.96. The molecule has 0 saturated heterocycles. The molecule has 0 atom stereocenters. The van der Waals surface area contributed by atoms with Crippen molar-refractivity contribution in [3.8, 4) is 46.0 Å². The number of nitrogens with one attached hydrogen (secondary N) is 3. The molecule has 0 saturated carbocycles. The number of methoxy groups -OCH3 is 4. The molecule has 56 heavy (non-hydrogen) atoms. The van der Waals surface area contributed by atoms with Gasteiger partial charge in [-0.15, -0.1) is 0 Å². The van der Waals surface area contributed by atoms with Crippen molar-refractivity contribution in [1.29, 1.82) is 0 Å². The summed E-state index contributed by atoms with van der Waals surface area (Å²) in [6, 6.07) is 27.7. The minimum Gasteiger partial charge on any atom is -0.493 e. The van der Waals surface area contributed by atoms with E-state index < -0.39 is 0 Å². The fourth-order valence-corrected chi connectivity index (χ4v) is 6.81. The summed E-state index contributed by atoms with van der Waals surface area (Å²) < 4.78 is 36.1. The van der Waals surface area contributed by atoms with Crippen LogP contribution in [-0.2, 0) is 37.0 Å². The predicted octanol–water partition coefficient (Wildman–Crippen LogP) is 8.46. The van der Waals surface area contributed by atoms with Crippen LogP contribution in [0.15, 0.2) is 91.0 Å². The van der Waals surface area contributed by atoms with Crippen molar-refractivity contribution in [2.24, 2.45) is 0 Å². The first-order valence-corrected chi connectivity index (χ1v) is 18.8. The number of ether oxygens (including phenoxy) is 6. The minimum absolute atomic E-state index is 0.232. The van der Waals surface area contributed by atoms with E-state index in [4.69, 9.17) is 28.4 Å². The first-order chi connectivity index (χ1) is 27.3. The molecule has 0 spiro atoms. The molecule has 6 rings (SSSR count). The van der Waals surface area contributed by atoms with Gasteiger partial charge >= 0.3 is 0 Å². The highest BCUT2D eigenvalue weighted by Crippen LogP contribution is 2.47. The Morgan fingerprint density at radius 3 is 2.14 bits per heavy atom. The molecule has 1 amide bonds. The van der Waals surface area contributed by atoms with Crippen LogP contribution in [0.25, 0.3) is 6.08 Å². The Balaban J connectivity index is 1.18. The minimum atomic E-state index is -0.232. The average molecular weight is 758 g/mol. The lowest BCUT2D eigenvalue weighted by Gasteiger charge is -2.25. The van der Waals surface area contributed by atoms with Crippen molar-refractivity contribution in [3.05, 3.63) is 130 Å². The second-order valence-corrected chi connectivity index (χ2v) is 13.5. The van der Waals surface area contributed by atoms with E-state index in [1.54, 1.807) is 40.6 Å². The van der Waals surface area contributed by atoms with Gasteiger partial charge in [-0.1, -0.05) is 42.5 Å². The number of aryl methyl sites for hydroxylation is 3. The highest BCUT2D eigenvalue weighted by atomic mass is 16.5. The van der Waals surface area contributed by atoms with Crippen LogP contribution in [0.4, 0.5) is 5.69 Å². The zero-order chi connectivity index (χ0) is 39.4. The molecule has 10 heteroatoms.